The summed E-state index contributed by atoms with van der Waals surface area (Å²) >= 11 is 0. The Morgan fingerprint density at radius 3 is 2.26 bits per heavy atom. The quantitative estimate of drug-likeness (QED) is 0.679. The third-order valence-corrected chi connectivity index (χ3v) is 6.72. The zero-order chi connectivity index (χ0) is 20.1. The summed E-state index contributed by atoms with van der Waals surface area (Å²) in [6.07, 6.45) is 0. The lowest BCUT2D eigenvalue weighted by molar-refractivity contribution is 0.0697. The molecule has 1 N–H and O–H groups in total. The lowest BCUT2D eigenvalue weighted by Gasteiger charge is -2.14. The Kier molecular flexibility index (Phi) is 4.59. The number of fused-ring (bicyclic) bond motifs is 2. The number of carboxylic acids is 1. The predicted molar refractivity (Wildman–Crippen MR) is 103 cm³/mol. The van der Waals surface area contributed by atoms with Crippen molar-refractivity contribution in [2.45, 2.75) is 43.8 Å². The minimum absolute atomic E-state index is 0.0378. The molecule has 0 aliphatic rings. The van der Waals surface area contributed by atoms with E-state index in [0.29, 0.717) is 11.1 Å². The van der Waals surface area contributed by atoms with Crippen LogP contribution in [0.4, 0.5) is 0 Å². The topological polar surface area (TPSA) is 102 Å². The van der Waals surface area contributed by atoms with Crippen LogP contribution in [0, 0.1) is 0 Å². The lowest BCUT2D eigenvalue weighted by atomic mass is 9.99. The molecule has 7 heteroatoms. The highest BCUT2D eigenvalue weighted by Gasteiger charge is 2.24. The maximum Gasteiger partial charge on any atom is 0.335 e. The van der Waals surface area contributed by atoms with Crippen LogP contribution in [0.25, 0.3) is 21.9 Å². The van der Waals surface area contributed by atoms with Gasteiger partial charge in [-0.05, 0) is 55.7 Å². The number of rotatable bonds is 4. The molecule has 6 nitrogen and oxygen atoms in total. The first kappa shape index (κ1) is 19.1. The fourth-order valence-corrected chi connectivity index (χ4v) is 4.07. The van der Waals surface area contributed by atoms with Crippen molar-refractivity contribution >= 4 is 37.7 Å². The molecular formula is C20H20O6S. The molecule has 0 radical (unpaired) electrons. The average molecular weight is 388 g/mol. The van der Waals surface area contributed by atoms with Crippen LogP contribution in [-0.4, -0.2) is 24.7 Å². The van der Waals surface area contributed by atoms with E-state index in [9.17, 15) is 18.0 Å². The molecule has 0 amide bonds. The minimum atomic E-state index is -3.59. The second-order valence-corrected chi connectivity index (χ2v) is 9.59. The van der Waals surface area contributed by atoms with Gasteiger partial charge in [-0.25, -0.2) is 13.2 Å². The fourth-order valence-electron chi connectivity index (χ4n) is 2.96. The van der Waals surface area contributed by atoms with Gasteiger partial charge in [0, 0.05) is 0 Å². The first-order valence-electron chi connectivity index (χ1n) is 8.55. The van der Waals surface area contributed by atoms with Crippen molar-refractivity contribution in [3.63, 3.8) is 0 Å². The molecule has 0 atom stereocenters. The number of hydrogen-bond donors (Lipinski definition) is 1. The van der Waals surface area contributed by atoms with E-state index in [1.807, 2.05) is 13.8 Å². The van der Waals surface area contributed by atoms with Gasteiger partial charge >= 0.3 is 5.97 Å². The van der Waals surface area contributed by atoms with Gasteiger partial charge < -0.3 is 9.52 Å². The molecule has 142 valence electrons. The molecule has 0 aliphatic carbocycles. The van der Waals surface area contributed by atoms with Crippen molar-refractivity contribution in [1.29, 1.82) is 0 Å². The lowest BCUT2D eigenvalue weighted by Crippen LogP contribution is -2.15. The van der Waals surface area contributed by atoms with Gasteiger partial charge in [-0.3, -0.25) is 4.79 Å². The summed E-state index contributed by atoms with van der Waals surface area (Å²) in [5.41, 5.74) is 0.724. The highest BCUT2D eigenvalue weighted by Crippen LogP contribution is 2.31. The standard InChI is InChI=1S/C20H20O6S/c1-10(2)14-8-13(27(24,25)11(3)4)9-16-18(21)15-7-12(20(22)23)5-6-17(15)26-19(14)16/h5-11H,1-4H3,(H,22,23). The largest absolute Gasteiger partial charge is 0.478 e. The van der Waals surface area contributed by atoms with E-state index < -0.39 is 26.5 Å². The highest BCUT2D eigenvalue weighted by atomic mass is 32.2. The van der Waals surface area contributed by atoms with E-state index in [1.54, 1.807) is 19.9 Å². The van der Waals surface area contributed by atoms with E-state index in [-0.39, 0.29) is 32.7 Å². The third kappa shape index (κ3) is 3.12. The molecule has 0 unspecified atom stereocenters. The van der Waals surface area contributed by atoms with Crippen LogP contribution >= 0.6 is 0 Å². The average Bonchev–Trinajstić information content (AvgIpc) is 2.60. The summed E-state index contributed by atoms with van der Waals surface area (Å²) in [6.45, 7) is 6.93. The third-order valence-electron chi connectivity index (χ3n) is 4.59. The van der Waals surface area contributed by atoms with Gasteiger partial charge in [0.2, 0.25) is 5.43 Å². The second kappa shape index (κ2) is 6.49. The van der Waals surface area contributed by atoms with Gasteiger partial charge in [0.15, 0.2) is 9.84 Å². The number of carbonyl (C=O) groups is 1. The van der Waals surface area contributed by atoms with Crippen LogP contribution in [0.3, 0.4) is 0 Å². The fraction of sp³-hybridized carbons (Fsp3) is 0.300. The van der Waals surface area contributed by atoms with Crippen molar-refractivity contribution in [3.05, 3.63) is 51.7 Å². The number of carboxylic acid groups (broad SMARTS) is 1. The normalized spacial score (nSPS) is 12.4. The van der Waals surface area contributed by atoms with Crippen LogP contribution in [0.1, 0.15) is 49.5 Å². The second-order valence-electron chi connectivity index (χ2n) is 7.08. The Labute approximate surface area is 156 Å². The number of hydrogen-bond acceptors (Lipinski definition) is 5. The van der Waals surface area contributed by atoms with Crippen molar-refractivity contribution in [2.75, 3.05) is 0 Å². The Morgan fingerprint density at radius 1 is 1.04 bits per heavy atom. The van der Waals surface area contributed by atoms with E-state index in [0.717, 1.165) is 0 Å². The molecule has 3 aromatic rings. The molecule has 0 saturated heterocycles. The maximum atomic E-state index is 13.0. The molecule has 3 rings (SSSR count). The van der Waals surface area contributed by atoms with Crippen molar-refractivity contribution < 1.29 is 22.7 Å². The Balaban J connectivity index is 2.50. The molecule has 0 spiro atoms. The number of sulfone groups is 1. The van der Waals surface area contributed by atoms with Crippen molar-refractivity contribution in [3.8, 4) is 0 Å². The molecular weight excluding hydrogens is 368 g/mol. The Bertz CT molecular complexity index is 1230. The Morgan fingerprint density at radius 2 is 1.70 bits per heavy atom. The predicted octanol–water partition coefficient (Wildman–Crippen LogP) is 3.95. The smallest absolute Gasteiger partial charge is 0.335 e. The molecule has 0 fully saturated rings. The summed E-state index contributed by atoms with van der Waals surface area (Å²) in [4.78, 5) is 24.3. The van der Waals surface area contributed by atoms with E-state index in [2.05, 4.69) is 0 Å². The zero-order valence-electron chi connectivity index (χ0n) is 15.4. The molecule has 0 aliphatic heterocycles. The molecule has 0 bridgehead atoms. The summed E-state index contributed by atoms with van der Waals surface area (Å²) in [5.74, 6) is -1.23. The minimum Gasteiger partial charge on any atom is -0.478 e. The molecule has 2 aromatic carbocycles. The van der Waals surface area contributed by atoms with Gasteiger partial charge in [-0.1, -0.05) is 13.8 Å². The van der Waals surface area contributed by atoms with Crippen LogP contribution < -0.4 is 5.43 Å². The maximum absolute atomic E-state index is 13.0. The molecule has 0 saturated carbocycles. The van der Waals surface area contributed by atoms with Gasteiger partial charge in [0.05, 0.1) is 26.5 Å². The van der Waals surface area contributed by atoms with Crippen LogP contribution in [0.5, 0.6) is 0 Å². The van der Waals surface area contributed by atoms with Crippen LogP contribution in [-0.2, 0) is 9.84 Å². The van der Waals surface area contributed by atoms with E-state index >= 15 is 0 Å². The van der Waals surface area contributed by atoms with E-state index in [1.165, 1.54) is 24.3 Å². The summed E-state index contributed by atoms with van der Waals surface area (Å²) in [6, 6.07) is 6.95. The van der Waals surface area contributed by atoms with Gasteiger partial charge in [0.25, 0.3) is 0 Å². The van der Waals surface area contributed by atoms with Crippen molar-refractivity contribution in [2.24, 2.45) is 0 Å². The summed E-state index contributed by atoms with van der Waals surface area (Å²) in [7, 11) is -3.59. The Hall–Kier alpha value is -2.67. The van der Waals surface area contributed by atoms with Crippen LogP contribution in [0.2, 0.25) is 0 Å². The van der Waals surface area contributed by atoms with Crippen LogP contribution in [0.15, 0.2) is 44.4 Å². The number of benzene rings is 2. The first-order valence-corrected chi connectivity index (χ1v) is 10.1. The van der Waals surface area contributed by atoms with Gasteiger partial charge in [-0.2, -0.15) is 0 Å². The zero-order valence-corrected chi connectivity index (χ0v) is 16.3. The monoisotopic (exact) mass is 388 g/mol. The first-order chi connectivity index (χ1) is 12.5. The van der Waals surface area contributed by atoms with E-state index in [4.69, 9.17) is 9.52 Å². The molecule has 27 heavy (non-hydrogen) atoms. The van der Waals surface area contributed by atoms with Gasteiger partial charge in [0.1, 0.15) is 11.2 Å². The van der Waals surface area contributed by atoms with Crippen molar-refractivity contribution in [1.82, 2.24) is 0 Å². The molecule has 1 heterocycles. The summed E-state index contributed by atoms with van der Waals surface area (Å²) < 4.78 is 31.2. The SMILES string of the molecule is CC(C)c1cc(S(=O)(=O)C(C)C)cc2c(=O)c3cc(C(=O)O)ccc3oc12. The number of aromatic carboxylic acids is 1. The summed E-state index contributed by atoms with van der Waals surface area (Å²) in [5, 5.41) is 8.77. The highest BCUT2D eigenvalue weighted by molar-refractivity contribution is 7.92. The van der Waals surface area contributed by atoms with Gasteiger partial charge in [-0.15, -0.1) is 0 Å². The molecule has 1 aromatic heterocycles.